The Morgan fingerprint density at radius 2 is 2.00 bits per heavy atom. The minimum atomic E-state index is -0.949. The van der Waals surface area contributed by atoms with Crippen molar-refractivity contribution in [1.29, 1.82) is 0 Å². The Labute approximate surface area is 117 Å². The number of nitrogens with zero attached hydrogens (tertiary/aromatic N) is 3. The van der Waals surface area contributed by atoms with Gasteiger partial charge in [0, 0.05) is 31.7 Å². The molecule has 0 spiro atoms. The molecule has 0 aliphatic heterocycles. The highest BCUT2D eigenvalue weighted by atomic mass is 16.4. The quantitative estimate of drug-likeness (QED) is 0.868. The van der Waals surface area contributed by atoms with Crippen LogP contribution in [0.4, 0.5) is 0 Å². The molecule has 5 heteroatoms. The second-order valence-corrected chi connectivity index (χ2v) is 4.69. The van der Waals surface area contributed by atoms with Crippen molar-refractivity contribution >= 4 is 5.97 Å². The normalized spacial score (nSPS) is 10.7. The second-order valence-electron chi connectivity index (χ2n) is 4.69. The zero-order valence-corrected chi connectivity index (χ0v) is 11.4. The molecule has 2 rings (SSSR count). The van der Waals surface area contributed by atoms with Crippen molar-refractivity contribution in [2.45, 2.75) is 13.0 Å². The van der Waals surface area contributed by atoms with Gasteiger partial charge in [-0.2, -0.15) is 0 Å². The van der Waals surface area contributed by atoms with Gasteiger partial charge < -0.3 is 10.0 Å². The van der Waals surface area contributed by atoms with Crippen LogP contribution in [0.2, 0.25) is 0 Å². The Hall–Kier alpha value is -2.27. The van der Waals surface area contributed by atoms with Gasteiger partial charge in [-0.05, 0) is 43.3 Å². The standard InChI is InChI=1S/C15H17N3O2/c1-18(9-6-12-4-7-16-8-5-12)11-14-3-2-13(10-17-14)15(19)20/h2-5,7-8,10H,6,9,11H2,1H3,(H,19,20). The van der Waals surface area contributed by atoms with E-state index in [4.69, 9.17) is 5.11 Å². The van der Waals surface area contributed by atoms with E-state index < -0.39 is 5.97 Å². The highest BCUT2D eigenvalue weighted by Crippen LogP contribution is 2.05. The third-order valence-electron chi connectivity index (χ3n) is 3.04. The minimum absolute atomic E-state index is 0.216. The summed E-state index contributed by atoms with van der Waals surface area (Å²) in [6, 6.07) is 7.36. The Kier molecular flexibility index (Phi) is 4.79. The molecule has 0 unspecified atom stereocenters. The second kappa shape index (κ2) is 6.77. The van der Waals surface area contributed by atoms with Gasteiger partial charge in [-0.25, -0.2) is 4.79 Å². The molecule has 5 nitrogen and oxygen atoms in total. The van der Waals surface area contributed by atoms with E-state index in [2.05, 4.69) is 14.9 Å². The van der Waals surface area contributed by atoms with E-state index in [0.29, 0.717) is 6.54 Å². The minimum Gasteiger partial charge on any atom is -0.478 e. The van der Waals surface area contributed by atoms with Crippen molar-refractivity contribution in [3.8, 4) is 0 Å². The van der Waals surface area contributed by atoms with Crippen molar-refractivity contribution in [3.63, 3.8) is 0 Å². The summed E-state index contributed by atoms with van der Waals surface area (Å²) in [6.07, 6.45) is 5.93. The average molecular weight is 271 g/mol. The molecule has 20 heavy (non-hydrogen) atoms. The van der Waals surface area contributed by atoms with Crippen LogP contribution in [-0.4, -0.2) is 39.5 Å². The third kappa shape index (κ3) is 4.13. The summed E-state index contributed by atoms with van der Waals surface area (Å²) in [5, 5.41) is 8.81. The van der Waals surface area contributed by atoms with Gasteiger partial charge in [-0.1, -0.05) is 0 Å². The van der Waals surface area contributed by atoms with E-state index in [-0.39, 0.29) is 5.56 Å². The fraction of sp³-hybridized carbons (Fsp3) is 0.267. The lowest BCUT2D eigenvalue weighted by Crippen LogP contribution is -2.21. The van der Waals surface area contributed by atoms with Gasteiger partial charge in [0.25, 0.3) is 0 Å². The summed E-state index contributed by atoms with van der Waals surface area (Å²) in [4.78, 5) is 21.0. The van der Waals surface area contributed by atoms with Crippen LogP contribution in [0.3, 0.4) is 0 Å². The van der Waals surface area contributed by atoms with Crippen LogP contribution >= 0.6 is 0 Å². The van der Waals surface area contributed by atoms with Crippen molar-refractivity contribution < 1.29 is 9.90 Å². The van der Waals surface area contributed by atoms with Crippen molar-refractivity contribution in [2.75, 3.05) is 13.6 Å². The topological polar surface area (TPSA) is 66.3 Å². The number of aromatic nitrogens is 2. The van der Waals surface area contributed by atoms with Gasteiger partial charge in [0.2, 0.25) is 0 Å². The maximum absolute atomic E-state index is 10.7. The molecule has 0 saturated heterocycles. The molecule has 0 bridgehead atoms. The zero-order chi connectivity index (χ0) is 14.4. The fourth-order valence-corrected chi connectivity index (χ4v) is 1.87. The lowest BCUT2D eigenvalue weighted by atomic mass is 10.2. The van der Waals surface area contributed by atoms with E-state index in [1.54, 1.807) is 24.5 Å². The van der Waals surface area contributed by atoms with Crippen molar-refractivity contribution in [1.82, 2.24) is 14.9 Å². The maximum atomic E-state index is 10.7. The summed E-state index contributed by atoms with van der Waals surface area (Å²) < 4.78 is 0. The lowest BCUT2D eigenvalue weighted by molar-refractivity contribution is 0.0696. The monoisotopic (exact) mass is 271 g/mol. The lowest BCUT2D eigenvalue weighted by Gasteiger charge is -2.16. The largest absolute Gasteiger partial charge is 0.478 e. The SMILES string of the molecule is CN(CCc1ccncc1)Cc1ccc(C(=O)O)cn1. The van der Waals surface area contributed by atoms with E-state index in [1.165, 1.54) is 11.8 Å². The van der Waals surface area contributed by atoms with Gasteiger partial charge in [0.1, 0.15) is 0 Å². The van der Waals surface area contributed by atoms with E-state index in [9.17, 15) is 4.79 Å². The number of carbonyl (C=O) groups is 1. The molecule has 104 valence electrons. The molecule has 2 aromatic heterocycles. The van der Waals surface area contributed by atoms with Gasteiger partial charge in [-0.15, -0.1) is 0 Å². The number of hydrogen-bond acceptors (Lipinski definition) is 4. The smallest absolute Gasteiger partial charge is 0.337 e. The molecular formula is C15H17N3O2. The van der Waals surface area contributed by atoms with Crippen LogP contribution in [0.1, 0.15) is 21.6 Å². The first-order chi connectivity index (χ1) is 9.65. The summed E-state index contributed by atoms with van der Waals surface area (Å²) >= 11 is 0. The molecule has 0 atom stereocenters. The number of pyridine rings is 2. The zero-order valence-electron chi connectivity index (χ0n) is 11.4. The Morgan fingerprint density at radius 3 is 2.60 bits per heavy atom. The Morgan fingerprint density at radius 1 is 1.25 bits per heavy atom. The van der Waals surface area contributed by atoms with Crippen LogP contribution in [0.25, 0.3) is 0 Å². The predicted molar refractivity (Wildman–Crippen MR) is 75.5 cm³/mol. The van der Waals surface area contributed by atoms with E-state index in [1.807, 2.05) is 19.2 Å². The van der Waals surface area contributed by atoms with Gasteiger partial charge in [-0.3, -0.25) is 9.97 Å². The van der Waals surface area contributed by atoms with E-state index >= 15 is 0 Å². The number of carboxylic acids is 1. The Bertz CT molecular complexity index is 555. The molecule has 0 aliphatic carbocycles. The highest BCUT2D eigenvalue weighted by Gasteiger charge is 2.05. The van der Waals surface area contributed by atoms with Gasteiger partial charge >= 0.3 is 5.97 Å². The summed E-state index contributed by atoms with van der Waals surface area (Å²) in [7, 11) is 2.02. The number of carboxylic acid groups (broad SMARTS) is 1. The van der Waals surface area contributed by atoms with Crippen LogP contribution in [-0.2, 0) is 13.0 Å². The first kappa shape index (κ1) is 14.1. The number of aromatic carboxylic acids is 1. The van der Waals surface area contributed by atoms with E-state index in [0.717, 1.165) is 18.7 Å². The summed E-state index contributed by atoms with van der Waals surface area (Å²) in [5.41, 5.74) is 2.33. The molecule has 0 aliphatic rings. The van der Waals surface area contributed by atoms with Crippen LogP contribution < -0.4 is 0 Å². The molecule has 2 aromatic rings. The highest BCUT2D eigenvalue weighted by molar-refractivity contribution is 5.87. The molecule has 0 saturated carbocycles. The molecule has 0 aromatic carbocycles. The van der Waals surface area contributed by atoms with Crippen LogP contribution in [0, 0.1) is 0 Å². The Balaban J connectivity index is 1.85. The molecule has 0 fully saturated rings. The molecule has 0 amide bonds. The van der Waals surface area contributed by atoms with Crippen molar-refractivity contribution in [3.05, 3.63) is 59.7 Å². The van der Waals surface area contributed by atoms with Crippen LogP contribution in [0.5, 0.6) is 0 Å². The first-order valence-electron chi connectivity index (χ1n) is 6.41. The fourth-order valence-electron chi connectivity index (χ4n) is 1.87. The number of likely N-dealkylation sites (N-methyl/N-ethyl adjacent to an activating group) is 1. The average Bonchev–Trinajstić information content (AvgIpc) is 2.47. The summed E-state index contributed by atoms with van der Waals surface area (Å²) in [5.74, 6) is -0.949. The van der Waals surface area contributed by atoms with Gasteiger partial charge in [0.15, 0.2) is 0 Å². The predicted octanol–water partition coefficient (Wildman–Crippen LogP) is 1.85. The van der Waals surface area contributed by atoms with Gasteiger partial charge in [0.05, 0.1) is 11.3 Å². The molecule has 0 radical (unpaired) electrons. The number of rotatable bonds is 6. The third-order valence-corrected chi connectivity index (χ3v) is 3.04. The van der Waals surface area contributed by atoms with Crippen LogP contribution in [0.15, 0.2) is 42.9 Å². The maximum Gasteiger partial charge on any atom is 0.337 e. The summed E-state index contributed by atoms with van der Waals surface area (Å²) in [6.45, 7) is 1.61. The molecular weight excluding hydrogens is 254 g/mol. The number of hydrogen-bond donors (Lipinski definition) is 1. The molecule has 1 N–H and O–H groups in total. The first-order valence-corrected chi connectivity index (χ1v) is 6.41. The molecule has 2 heterocycles. The van der Waals surface area contributed by atoms with Crippen molar-refractivity contribution in [2.24, 2.45) is 0 Å².